The van der Waals surface area contributed by atoms with Crippen molar-refractivity contribution >= 4 is 17.1 Å². The second kappa shape index (κ2) is 12.3. The normalized spacial score (nSPS) is 13.0. The molecule has 0 fully saturated rings. The Hall–Kier alpha value is -6.64. The van der Waals surface area contributed by atoms with Gasteiger partial charge in [-0.1, -0.05) is 147 Å². The molecule has 0 amide bonds. The third-order valence-corrected chi connectivity index (χ3v) is 11.1. The van der Waals surface area contributed by atoms with Crippen LogP contribution in [0.1, 0.15) is 25.0 Å². The van der Waals surface area contributed by atoms with Crippen molar-refractivity contribution in [1.29, 1.82) is 0 Å². The molecule has 10 rings (SSSR count). The third-order valence-electron chi connectivity index (χ3n) is 11.1. The van der Waals surface area contributed by atoms with E-state index in [2.05, 4.69) is 207 Å². The van der Waals surface area contributed by atoms with Gasteiger partial charge in [0.2, 0.25) is 0 Å². The van der Waals surface area contributed by atoms with Crippen LogP contribution in [-0.2, 0) is 5.41 Å². The van der Waals surface area contributed by atoms with Crippen LogP contribution in [0, 0.1) is 0 Å². The Balaban J connectivity index is 1.16. The van der Waals surface area contributed by atoms with Crippen molar-refractivity contribution in [2.45, 2.75) is 19.3 Å². The van der Waals surface area contributed by atoms with E-state index >= 15 is 0 Å². The van der Waals surface area contributed by atoms with Gasteiger partial charge >= 0.3 is 0 Å². The molecule has 0 bridgehead atoms. The fourth-order valence-electron chi connectivity index (χ4n) is 8.40. The summed E-state index contributed by atoms with van der Waals surface area (Å²) in [4.78, 5) is 2.38. The van der Waals surface area contributed by atoms with E-state index in [9.17, 15) is 0 Å². The van der Waals surface area contributed by atoms with Gasteiger partial charge in [-0.25, -0.2) is 0 Å². The Bertz CT molecular complexity index is 2670. The van der Waals surface area contributed by atoms with Crippen molar-refractivity contribution in [2.24, 2.45) is 0 Å². The number of hydrogen-bond donors (Lipinski definition) is 0. The lowest BCUT2D eigenvalue weighted by atomic mass is 9.82. The summed E-state index contributed by atoms with van der Waals surface area (Å²) in [6, 6.07) is 67.7. The van der Waals surface area contributed by atoms with Gasteiger partial charge in [0.25, 0.3) is 0 Å². The Morgan fingerprint density at radius 3 is 1.53 bits per heavy atom. The van der Waals surface area contributed by atoms with Gasteiger partial charge in [0.05, 0.1) is 0 Å². The van der Waals surface area contributed by atoms with E-state index in [-0.39, 0.29) is 5.41 Å². The van der Waals surface area contributed by atoms with Gasteiger partial charge in [0.15, 0.2) is 0 Å². The second-order valence-electron chi connectivity index (χ2n) is 14.6. The van der Waals surface area contributed by atoms with E-state index in [4.69, 9.17) is 4.74 Å². The van der Waals surface area contributed by atoms with E-state index in [1.807, 2.05) is 0 Å². The summed E-state index contributed by atoms with van der Waals surface area (Å²) in [5, 5.41) is 0. The van der Waals surface area contributed by atoms with E-state index in [0.717, 1.165) is 56.4 Å². The molecule has 1 heterocycles. The molecule has 2 nitrogen and oxygen atoms in total. The molecule has 0 unspecified atom stereocenters. The average molecular weight is 680 g/mol. The zero-order valence-electron chi connectivity index (χ0n) is 29.8. The summed E-state index contributed by atoms with van der Waals surface area (Å²) in [6.07, 6.45) is 0. The van der Waals surface area contributed by atoms with Crippen LogP contribution in [0.15, 0.2) is 188 Å². The molecule has 1 aliphatic carbocycles. The summed E-state index contributed by atoms with van der Waals surface area (Å²) >= 11 is 0. The summed E-state index contributed by atoms with van der Waals surface area (Å²) in [5.74, 6) is 1.68. The number of ether oxygens (including phenoxy) is 1. The SMILES string of the molecule is CC1(C)c2ccccc2-c2ccc(N(c3cccc(-c4ccccc4)c3)c3ccc4c(c3)Oc3cc(-c5ccccc5)ccc3-c3ccccc3-4)cc21. The molecule has 252 valence electrons. The number of benzene rings is 8. The number of anilines is 3. The summed E-state index contributed by atoms with van der Waals surface area (Å²) < 4.78 is 7.03. The van der Waals surface area contributed by atoms with Gasteiger partial charge in [0.1, 0.15) is 11.5 Å². The quantitative estimate of drug-likeness (QED) is 0.180. The van der Waals surface area contributed by atoms with Crippen LogP contribution in [0.25, 0.3) is 55.6 Å². The maximum Gasteiger partial charge on any atom is 0.137 e. The zero-order valence-corrected chi connectivity index (χ0v) is 29.8. The zero-order chi connectivity index (χ0) is 35.5. The lowest BCUT2D eigenvalue weighted by Gasteiger charge is -2.29. The summed E-state index contributed by atoms with van der Waals surface area (Å²) in [7, 11) is 0. The Morgan fingerprint density at radius 1 is 0.340 bits per heavy atom. The minimum absolute atomic E-state index is 0.125. The molecule has 0 saturated heterocycles. The first-order chi connectivity index (χ1) is 26.0. The van der Waals surface area contributed by atoms with E-state index in [1.165, 1.54) is 38.9 Å². The monoisotopic (exact) mass is 679 g/mol. The summed E-state index contributed by atoms with van der Waals surface area (Å²) in [6.45, 7) is 4.69. The number of fused-ring (bicyclic) bond motifs is 8. The molecule has 0 aromatic heterocycles. The fourth-order valence-corrected chi connectivity index (χ4v) is 8.40. The first-order valence-electron chi connectivity index (χ1n) is 18.3. The predicted molar refractivity (Wildman–Crippen MR) is 221 cm³/mol. The number of hydrogen-bond acceptors (Lipinski definition) is 2. The van der Waals surface area contributed by atoms with E-state index < -0.39 is 0 Å². The lowest BCUT2D eigenvalue weighted by molar-refractivity contribution is 0.488. The third kappa shape index (κ3) is 5.18. The standard InChI is InChI=1S/C51H37NO/c1-51(2)47-23-12-11-22-43(47)44-28-25-39(32-48(44)51)52(38-19-13-18-36(30-38)34-14-5-3-6-15-34)40-26-29-46-42-21-10-9-20-41(42)45-27-24-37(35-16-7-4-8-17-35)31-49(45)53-50(46)33-40/h3-33H,1-2H3. The molecule has 0 radical (unpaired) electrons. The number of nitrogens with zero attached hydrogens (tertiary/aromatic N) is 1. The average Bonchev–Trinajstić information content (AvgIpc) is 3.34. The minimum atomic E-state index is -0.125. The maximum absolute atomic E-state index is 7.03. The largest absolute Gasteiger partial charge is 0.456 e. The van der Waals surface area contributed by atoms with Crippen molar-refractivity contribution < 1.29 is 4.74 Å². The van der Waals surface area contributed by atoms with Gasteiger partial charge < -0.3 is 9.64 Å². The van der Waals surface area contributed by atoms with Crippen molar-refractivity contribution in [1.82, 2.24) is 0 Å². The molecule has 2 heteroatoms. The van der Waals surface area contributed by atoms with Crippen molar-refractivity contribution in [2.75, 3.05) is 4.90 Å². The molecule has 1 aliphatic heterocycles. The minimum Gasteiger partial charge on any atom is -0.456 e. The van der Waals surface area contributed by atoms with Crippen molar-refractivity contribution in [3.8, 4) is 67.1 Å². The predicted octanol–water partition coefficient (Wildman–Crippen LogP) is 14.2. The van der Waals surface area contributed by atoms with E-state index in [1.54, 1.807) is 0 Å². The van der Waals surface area contributed by atoms with Crippen LogP contribution >= 0.6 is 0 Å². The molecule has 0 N–H and O–H groups in total. The molecule has 8 aromatic rings. The molecule has 2 aliphatic rings. The van der Waals surface area contributed by atoms with Crippen LogP contribution in [0.3, 0.4) is 0 Å². The highest BCUT2D eigenvalue weighted by molar-refractivity contribution is 5.94. The van der Waals surface area contributed by atoms with Crippen LogP contribution in [-0.4, -0.2) is 0 Å². The second-order valence-corrected chi connectivity index (χ2v) is 14.6. The number of rotatable bonds is 5. The van der Waals surface area contributed by atoms with Crippen molar-refractivity contribution in [3.05, 3.63) is 199 Å². The van der Waals surface area contributed by atoms with Gasteiger partial charge in [0, 0.05) is 39.7 Å². The van der Waals surface area contributed by atoms with Gasteiger partial charge in [-0.15, -0.1) is 0 Å². The Kier molecular flexibility index (Phi) is 7.19. The maximum atomic E-state index is 7.03. The van der Waals surface area contributed by atoms with Gasteiger partial charge in [-0.05, 0) is 104 Å². The molecular formula is C51H37NO. The molecule has 0 saturated carbocycles. The highest BCUT2D eigenvalue weighted by atomic mass is 16.5. The smallest absolute Gasteiger partial charge is 0.137 e. The van der Waals surface area contributed by atoms with Crippen LogP contribution < -0.4 is 9.64 Å². The molecular weight excluding hydrogens is 643 g/mol. The first kappa shape index (κ1) is 31.1. The summed E-state index contributed by atoms with van der Waals surface area (Å²) in [5.41, 5.74) is 17.6. The lowest BCUT2D eigenvalue weighted by Crippen LogP contribution is -2.16. The Labute approximate surface area is 311 Å². The van der Waals surface area contributed by atoms with Gasteiger partial charge in [-0.2, -0.15) is 0 Å². The Morgan fingerprint density at radius 2 is 0.830 bits per heavy atom. The van der Waals surface area contributed by atoms with Gasteiger partial charge in [-0.3, -0.25) is 0 Å². The molecule has 8 aromatic carbocycles. The highest BCUT2D eigenvalue weighted by Crippen LogP contribution is 2.52. The van der Waals surface area contributed by atoms with Crippen LogP contribution in [0.5, 0.6) is 11.5 Å². The highest BCUT2D eigenvalue weighted by Gasteiger charge is 2.36. The van der Waals surface area contributed by atoms with E-state index in [0.29, 0.717) is 0 Å². The van der Waals surface area contributed by atoms with Crippen LogP contribution in [0.4, 0.5) is 17.1 Å². The van der Waals surface area contributed by atoms with Crippen LogP contribution in [0.2, 0.25) is 0 Å². The van der Waals surface area contributed by atoms with Crippen molar-refractivity contribution in [3.63, 3.8) is 0 Å². The molecule has 53 heavy (non-hydrogen) atoms. The molecule has 0 spiro atoms. The fraction of sp³-hybridized carbons (Fsp3) is 0.0588. The topological polar surface area (TPSA) is 12.5 Å². The molecule has 0 atom stereocenters. The first-order valence-corrected chi connectivity index (χ1v) is 18.3.